The maximum atomic E-state index is 12.6. The molecule has 2 amide bonds. The van der Waals surface area contributed by atoms with Gasteiger partial charge in [0.05, 0.1) is 12.4 Å². The van der Waals surface area contributed by atoms with E-state index in [9.17, 15) is 14.4 Å². The highest BCUT2D eigenvalue weighted by atomic mass is 32.2. The molecule has 0 bridgehead atoms. The zero-order valence-electron chi connectivity index (χ0n) is 15.1. The zero-order chi connectivity index (χ0) is 19.1. The Bertz CT molecular complexity index is 663. The molecule has 1 aromatic heterocycles. The van der Waals surface area contributed by atoms with Crippen molar-refractivity contribution >= 4 is 29.5 Å². The fourth-order valence-electron chi connectivity index (χ4n) is 2.85. The molecule has 2 N–H and O–H groups in total. The third-order valence-electron chi connectivity index (χ3n) is 4.23. The lowest BCUT2D eigenvalue weighted by atomic mass is 10.0. The molecular formula is C16H25N5O4S. The van der Waals surface area contributed by atoms with E-state index in [1.165, 1.54) is 11.8 Å². The van der Waals surface area contributed by atoms with Crippen LogP contribution in [0.5, 0.6) is 0 Å². The van der Waals surface area contributed by atoms with Gasteiger partial charge in [-0.15, -0.1) is 10.2 Å². The highest BCUT2D eigenvalue weighted by molar-refractivity contribution is 7.99. The number of aryl methyl sites for hydroxylation is 1. The number of nitrogens with zero attached hydrogens (tertiary/aromatic N) is 4. The summed E-state index contributed by atoms with van der Waals surface area (Å²) in [5.41, 5.74) is 5.15. The number of amides is 2. The van der Waals surface area contributed by atoms with Crippen LogP contribution in [0.1, 0.15) is 38.4 Å². The molecule has 0 unspecified atom stereocenters. The van der Waals surface area contributed by atoms with Crippen LogP contribution in [0.15, 0.2) is 5.16 Å². The summed E-state index contributed by atoms with van der Waals surface area (Å²) in [6.45, 7) is 2.62. The summed E-state index contributed by atoms with van der Waals surface area (Å²) < 4.78 is 6.84. The molecule has 2 rings (SSSR count). The molecule has 0 aromatic carbocycles. The Balaban J connectivity index is 1.94. The Morgan fingerprint density at radius 3 is 2.77 bits per heavy atom. The van der Waals surface area contributed by atoms with Gasteiger partial charge in [0, 0.05) is 26.4 Å². The first-order valence-corrected chi connectivity index (χ1v) is 9.68. The molecule has 144 valence electrons. The normalized spacial score (nSPS) is 17.2. The number of esters is 1. The third-order valence-corrected chi connectivity index (χ3v) is 5.23. The average Bonchev–Trinajstić information content (AvgIpc) is 2.98. The quantitative estimate of drug-likeness (QED) is 0.505. The van der Waals surface area contributed by atoms with Crippen LogP contribution in [0, 0.1) is 0 Å². The highest BCUT2D eigenvalue weighted by Crippen LogP contribution is 2.22. The smallest absolute Gasteiger partial charge is 0.328 e. The van der Waals surface area contributed by atoms with Gasteiger partial charge in [-0.1, -0.05) is 11.8 Å². The molecular weight excluding hydrogens is 358 g/mol. The molecule has 1 aliphatic heterocycles. The monoisotopic (exact) mass is 383 g/mol. The third kappa shape index (κ3) is 5.20. The van der Waals surface area contributed by atoms with E-state index in [0.29, 0.717) is 37.0 Å². The Morgan fingerprint density at radius 1 is 1.31 bits per heavy atom. The van der Waals surface area contributed by atoms with Crippen LogP contribution in [-0.2, 0) is 32.6 Å². The number of ether oxygens (including phenoxy) is 1. The first-order valence-electron chi connectivity index (χ1n) is 8.69. The van der Waals surface area contributed by atoms with Crippen molar-refractivity contribution in [3.05, 3.63) is 5.82 Å². The minimum Gasteiger partial charge on any atom is -0.464 e. The largest absolute Gasteiger partial charge is 0.464 e. The van der Waals surface area contributed by atoms with Crippen LogP contribution >= 0.6 is 11.8 Å². The summed E-state index contributed by atoms with van der Waals surface area (Å²) in [5, 5.41) is 8.67. The number of aromatic nitrogens is 3. The van der Waals surface area contributed by atoms with Gasteiger partial charge in [-0.05, 0) is 26.2 Å². The Labute approximate surface area is 156 Å². The fourth-order valence-corrected chi connectivity index (χ4v) is 3.66. The summed E-state index contributed by atoms with van der Waals surface area (Å²) in [5.74, 6) is -0.0430. The summed E-state index contributed by atoms with van der Waals surface area (Å²) in [4.78, 5) is 37.2. The molecule has 1 atom stereocenters. The van der Waals surface area contributed by atoms with Gasteiger partial charge in [-0.25, -0.2) is 4.79 Å². The van der Waals surface area contributed by atoms with E-state index in [0.717, 1.165) is 12.8 Å². The highest BCUT2D eigenvalue weighted by Gasteiger charge is 2.33. The minimum absolute atomic E-state index is 0.116. The van der Waals surface area contributed by atoms with E-state index >= 15 is 0 Å². The number of thioether (sulfide) groups is 1. The van der Waals surface area contributed by atoms with Crippen LogP contribution in [0.3, 0.4) is 0 Å². The van der Waals surface area contributed by atoms with Crippen LogP contribution in [0.25, 0.3) is 0 Å². The minimum atomic E-state index is -0.498. The lowest BCUT2D eigenvalue weighted by Crippen LogP contribution is -2.49. The number of rotatable bonds is 8. The van der Waals surface area contributed by atoms with Gasteiger partial charge >= 0.3 is 5.97 Å². The summed E-state index contributed by atoms with van der Waals surface area (Å²) in [7, 11) is 1.78. The maximum Gasteiger partial charge on any atom is 0.328 e. The molecule has 10 heteroatoms. The van der Waals surface area contributed by atoms with Crippen molar-refractivity contribution < 1.29 is 19.1 Å². The van der Waals surface area contributed by atoms with Crippen molar-refractivity contribution in [3.63, 3.8) is 0 Å². The molecule has 26 heavy (non-hydrogen) atoms. The summed E-state index contributed by atoms with van der Waals surface area (Å²) in [6, 6.07) is -0.498. The number of nitrogens with two attached hydrogens (primary N) is 1. The van der Waals surface area contributed by atoms with Crippen LogP contribution in [0.2, 0.25) is 0 Å². The van der Waals surface area contributed by atoms with E-state index in [-0.39, 0.29) is 24.1 Å². The summed E-state index contributed by atoms with van der Waals surface area (Å²) >= 11 is 1.26. The van der Waals surface area contributed by atoms with Crippen molar-refractivity contribution in [3.8, 4) is 0 Å². The van der Waals surface area contributed by atoms with Gasteiger partial charge in [0.25, 0.3) is 0 Å². The SMILES string of the molecule is CCOC(=O)[C@@H]1CCCCN1C(=O)CSc1nnc(CCC(N)=O)n1C. The Kier molecular flexibility index (Phi) is 7.43. The van der Waals surface area contributed by atoms with Gasteiger partial charge < -0.3 is 19.9 Å². The Hall–Kier alpha value is -2.10. The van der Waals surface area contributed by atoms with E-state index < -0.39 is 11.9 Å². The topological polar surface area (TPSA) is 120 Å². The molecule has 9 nitrogen and oxygen atoms in total. The van der Waals surface area contributed by atoms with Gasteiger partial charge in [0.15, 0.2) is 5.16 Å². The second-order valence-electron chi connectivity index (χ2n) is 6.06. The van der Waals surface area contributed by atoms with E-state index in [2.05, 4.69) is 10.2 Å². The number of hydrogen-bond acceptors (Lipinski definition) is 7. The molecule has 0 radical (unpaired) electrons. The molecule has 1 aromatic rings. The second kappa shape index (κ2) is 9.56. The zero-order valence-corrected chi connectivity index (χ0v) is 16.0. The number of likely N-dealkylation sites (tertiary alicyclic amines) is 1. The van der Waals surface area contributed by atoms with Crippen molar-refractivity contribution in [2.24, 2.45) is 12.8 Å². The second-order valence-corrected chi connectivity index (χ2v) is 7.01. The molecule has 1 saturated heterocycles. The van der Waals surface area contributed by atoms with Crippen molar-refractivity contribution in [2.75, 3.05) is 18.9 Å². The fraction of sp³-hybridized carbons (Fsp3) is 0.688. The van der Waals surface area contributed by atoms with Crippen LogP contribution < -0.4 is 5.73 Å². The van der Waals surface area contributed by atoms with Crippen molar-refractivity contribution in [2.45, 2.75) is 50.2 Å². The molecule has 1 aliphatic rings. The van der Waals surface area contributed by atoms with Gasteiger partial charge in [0.1, 0.15) is 11.9 Å². The average molecular weight is 383 g/mol. The van der Waals surface area contributed by atoms with Gasteiger partial charge in [0.2, 0.25) is 11.8 Å². The van der Waals surface area contributed by atoms with Gasteiger partial charge in [-0.3, -0.25) is 9.59 Å². The first-order chi connectivity index (χ1) is 12.4. The number of carbonyl (C=O) groups excluding carboxylic acids is 3. The van der Waals surface area contributed by atoms with E-state index in [1.807, 2.05) is 0 Å². The van der Waals surface area contributed by atoms with Crippen LogP contribution in [-0.4, -0.2) is 62.4 Å². The van der Waals surface area contributed by atoms with Crippen molar-refractivity contribution in [1.82, 2.24) is 19.7 Å². The van der Waals surface area contributed by atoms with Crippen LogP contribution in [0.4, 0.5) is 0 Å². The molecule has 1 fully saturated rings. The lowest BCUT2D eigenvalue weighted by molar-refractivity contribution is -0.155. The number of carbonyl (C=O) groups is 3. The van der Waals surface area contributed by atoms with E-state index in [1.54, 1.807) is 23.4 Å². The molecule has 2 heterocycles. The number of piperidine rings is 1. The number of hydrogen-bond donors (Lipinski definition) is 1. The standard InChI is InChI=1S/C16H25N5O4S/c1-3-25-15(24)11-6-4-5-9-21(11)14(23)10-26-16-19-18-13(20(16)2)8-7-12(17)22/h11H,3-10H2,1-2H3,(H2,17,22)/t11-/m0/s1. The number of primary amides is 1. The molecule has 0 spiro atoms. The first kappa shape index (κ1) is 20.2. The van der Waals surface area contributed by atoms with Crippen molar-refractivity contribution in [1.29, 1.82) is 0 Å². The summed E-state index contributed by atoms with van der Waals surface area (Å²) in [6.07, 6.45) is 3.03. The predicted octanol–water partition coefficient (Wildman–Crippen LogP) is 0.269. The Morgan fingerprint density at radius 2 is 2.08 bits per heavy atom. The van der Waals surface area contributed by atoms with Gasteiger partial charge in [-0.2, -0.15) is 0 Å². The molecule has 0 saturated carbocycles. The molecule has 0 aliphatic carbocycles. The predicted molar refractivity (Wildman–Crippen MR) is 95.2 cm³/mol. The lowest BCUT2D eigenvalue weighted by Gasteiger charge is -2.33. The van der Waals surface area contributed by atoms with E-state index in [4.69, 9.17) is 10.5 Å². The maximum absolute atomic E-state index is 12.6.